The Morgan fingerprint density at radius 1 is 1.07 bits per heavy atom. The second-order valence-corrected chi connectivity index (χ2v) is 11.3. The fourth-order valence-corrected chi connectivity index (χ4v) is 4.89. The zero-order valence-electron chi connectivity index (χ0n) is 26.0. The minimum atomic E-state index is -0.844. The number of carboxylic acid groups (broad SMARTS) is 1. The lowest BCUT2D eigenvalue weighted by Crippen LogP contribution is -2.31. The van der Waals surface area contributed by atoms with Crippen molar-refractivity contribution in [2.45, 2.75) is 52.0 Å². The number of nitrogens with zero attached hydrogens (tertiary/aromatic N) is 2. The molecule has 2 aromatic carbocycles. The fourth-order valence-electron chi connectivity index (χ4n) is 4.89. The van der Waals surface area contributed by atoms with Crippen LogP contribution in [0.4, 0.5) is 10.1 Å². The molecule has 1 aliphatic rings. The zero-order chi connectivity index (χ0) is 31.2. The molecular weight excluding hydrogens is 625 g/mol. The van der Waals surface area contributed by atoms with Crippen LogP contribution in [0.3, 0.4) is 0 Å². The summed E-state index contributed by atoms with van der Waals surface area (Å²) in [6.45, 7) is 7.48. The van der Waals surface area contributed by atoms with Gasteiger partial charge < -0.3 is 33.9 Å². The van der Waals surface area contributed by atoms with Crippen LogP contribution in [0, 0.1) is 11.2 Å². The van der Waals surface area contributed by atoms with Crippen molar-refractivity contribution >= 4 is 40.3 Å². The summed E-state index contributed by atoms with van der Waals surface area (Å²) in [6.07, 6.45) is 1.14. The first kappa shape index (κ1) is 35.8. The first-order valence-corrected chi connectivity index (χ1v) is 13.9. The number of ketones is 1. The molecule has 0 aliphatic carbocycles. The van der Waals surface area contributed by atoms with Crippen molar-refractivity contribution in [3.63, 3.8) is 0 Å². The third-order valence-corrected chi connectivity index (χ3v) is 7.21. The normalized spacial score (nSPS) is 12.5. The van der Waals surface area contributed by atoms with E-state index in [1.807, 2.05) is 38.8 Å². The van der Waals surface area contributed by atoms with Crippen LogP contribution in [-0.2, 0) is 21.5 Å². The number of anilines is 1. The van der Waals surface area contributed by atoms with Gasteiger partial charge in [0.2, 0.25) is 0 Å². The van der Waals surface area contributed by atoms with Gasteiger partial charge in [-0.05, 0) is 42.0 Å². The Bertz CT molecular complexity index is 1330. The summed E-state index contributed by atoms with van der Waals surface area (Å²) < 4.78 is 37.2. The maximum absolute atomic E-state index is 15.3. The number of halogens is 2. The molecule has 0 amide bonds. The number of hydrogen-bond acceptors (Lipinski definition) is 8. The second-order valence-electron chi connectivity index (χ2n) is 11.3. The van der Waals surface area contributed by atoms with Gasteiger partial charge in [0.1, 0.15) is 11.6 Å². The van der Waals surface area contributed by atoms with E-state index < -0.39 is 17.2 Å². The Morgan fingerprint density at radius 3 is 2.35 bits per heavy atom. The number of carboxylic acids is 1. The molecule has 12 heteroatoms. The van der Waals surface area contributed by atoms with Gasteiger partial charge in [0.05, 0.1) is 45.2 Å². The first-order valence-electron chi connectivity index (χ1n) is 13.9. The van der Waals surface area contributed by atoms with Gasteiger partial charge in [0.15, 0.2) is 23.1 Å². The topological polar surface area (TPSA) is 122 Å². The molecule has 1 aliphatic heterocycles. The maximum atomic E-state index is 15.3. The maximum Gasteiger partial charge on any atom is 0.303 e. The largest absolute Gasteiger partial charge is 0.493 e. The molecule has 0 saturated heterocycles. The van der Waals surface area contributed by atoms with Gasteiger partial charge in [-0.3, -0.25) is 15.0 Å². The lowest BCUT2D eigenvalue weighted by Gasteiger charge is -2.30. The number of aliphatic carboxylic acids is 1. The average Bonchev–Trinajstić information content (AvgIpc) is 3.24. The Balaban J connectivity index is 0.00000645. The van der Waals surface area contributed by atoms with Gasteiger partial charge >= 0.3 is 5.97 Å². The summed E-state index contributed by atoms with van der Waals surface area (Å²) >= 11 is 0. The Kier molecular flexibility index (Phi) is 12.8. The quantitative estimate of drug-likeness (QED) is 0.188. The molecule has 0 fully saturated rings. The minimum Gasteiger partial charge on any atom is -0.493 e. The van der Waals surface area contributed by atoms with Gasteiger partial charge in [-0.15, -0.1) is 17.0 Å². The van der Waals surface area contributed by atoms with Crippen molar-refractivity contribution in [1.29, 1.82) is 5.41 Å². The van der Waals surface area contributed by atoms with Crippen LogP contribution in [0.1, 0.15) is 67.1 Å². The highest BCUT2D eigenvalue weighted by atomic mass is 79.9. The highest BCUT2D eigenvalue weighted by molar-refractivity contribution is 8.93. The Hall–Kier alpha value is -3.38. The van der Waals surface area contributed by atoms with Crippen LogP contribution in [0.2, 0.25) is 0 Å². The lowest BCUT2D eigenvalue weighted by molar-refractivity contribution is -0.137. The number of ether oxygens (including phenoxy) is 4. The van der Waals surface area contributed by atoms with Gasteiger partial charge in [-0.1, -0.05) is 20.8 Å². The molecular formula is C31H43BrFN3O7. The van der Waals surface area contributed by atoms with Gasteiger partial charge in [-0.25, -0.2) is 4.39 Å². The van der Waals surface area contributed by atoms with Gasteiger partial charge in [0.25, 0.3) is 0 Å². The number of carbonyl (C=O) groups excluding carboxylic acids is 1. The Morgan fingerprint density at radius 2 is 1.77 bits per heavy atom. The van der Waals surface area contributed by atoms with Crippen LogP contribution in [0.5, 0.6) is 17.2 Å². The molecule has 0 saturated carbocycles. The number of benzene rings is 2. The third kappa shape index (κ3) is 8.38. The number of nitrogens with one attached hydrogen (secondary N) is 1. The van der Waals surface area contributed by atoms with Crippen LogP contribution in [0.25, 0.3) is 0 Å². The lowest BCUT2D eigenvalue weighted by atomic mass is 9.84. The van der Waals surface area contributed by atoms with E-state index in [0.29, 0.717) is 55.2 Å². The fraction of sp³-hybridized carbons (Fsp3) is 0.516. The summed E-state index contributed by atoms with van der Waals surface area (Å²) in [5.41, 5.74) is 2.23. The van der Waals surface area contributed by atoms with Crippen molar-refractivity contribution in [3.05, 3.63) is 46.3 Å². The molecule has 43 heavy (non-hydrogen) atoms. The number of fused-ring (bicyclic) bond motifs is 1. The van der Waals surface area contributed by atoms with E-state index in [0.717, 1.165) is 5.56 Å². The van der Waals surface area contributed by atoms with E-state index in [-0.39, 0.29) is 65.2 Å². The zero-order valence-corrected chi connectivity index (χ0v) is 27.7. The molecule has 0 radical (unpaired) electrons. The highest BCUT2D eigenvalue weighted by Gasteiger charge is 2.33. The summed E-state index contributed by atoms with van der Waals surface area (Å²) in [5.74, 6) is -1.07. The predicted molar refractivity (Wildman–Crippen MR) is 169 cm³/mol. The number of unbranched alkanes of at least 4 members (excludes halogenated alkanes) is 1. The molecule has 3 rings (SSSR count). The van der Waals surface area contributed by atoms with Crippen LogP contribution >= 0.6 is 17.0 Å². The molecule has 10 nitrogen and oxygen atoms in total. The predicted octanol–water partition coefficient (Wildman–Crippen LogP) is 5.46. The summed E-state index contributed by atoms with van der Waals surface area (Å²) in [7, 11) is 6.27. The molecule has 1 heterocycles. The van der Waals surface area contributed by atoms with E-state index in [1.54, 1.807) is 19.2 Å². The van der Waals surface area contributed by atoms with Crippen LogP contribution in [0.15, 0.2) is 18.2 Å². The number of methoxy groups -OCH3 is 3. The molecule has 2 N–H and O–H groups in total. The Labute approximate surface area is 263 Å². The van der Waals surface area contributed by atoms with E-state index in [4.69, 9.17) is 29.5 Å². The van der Waals surface area contributed by atoms with Crippen molar-refractivity contribution in [2.24, 2.45) is 0 Å². The average molecular weight is 669 g/mol. The van der Waals surface area contributed by atoms with E-state index in [9.17, 15) is 9.59 Å². The molecule has 0 atom stereocenters. The SMILES string of the molecule is Br.COCCN(C)c1cc(C(=O)CN2Cc3cc(OC)c(OC)c(F)c3C2=N)cc(C(C)(C)C)c1OCCCCC(=O)O. The number of rotatable bonds is 15. The molecule has 0 aromatic heterocycles. The summed E-state index contributed by atoms with van der Waals surface area (Å²) in [6, 6.07) is 5.24. The molecule has 0 unspecified atom stereocenters. The highest BCUT2D eigenvalue weighted by Crippen LogP contribution is 2.41. The molecule has 0 spiro atoms. The first-order chi connectivity index (χ1) is 19.8. The van der Waals surface area contributed by atoms with E-state index in [2.05, 4.69) is 0 Å². The van der Waals surface area contributed by atoms with Crippen LogP contribution < -0.4 is 19.1 Å². The van der Waals surface area contributed by atoms with Crippen molar-refractivity contribution in [3.8, 4) is 17.2 Å². The smallest absolute Gasteiger partial charge is 0.303 e. The number of likely N-dealkylation sites (N-methyl/N-ethyl adjacent to an activating group) is 1. The molecule has 238 valence electrons. The van der Waals surface area contributed by atoms with Crippen molar-refractivity contribution in [1.82, 2.24) is 4.90 Å². The van der Waals surface area contributed by atoms with Crippen molar-refractivity contribution < 1.29 is 38.0 Å². The summed E-state index contributed by atoms with van der Waals surface area (Å²) in [5, 5.41) is 17.6. The number of hydrogen-bond donors (Lipinski definition) is 2. The van der Waals surface area contributed by atoms with Crippen molar-refractivity contribution in [2.75, 3.05) is 59.6 Å². The monoisotopic (exact) mass is 667 g/mol. The second kappa shape index (κ2) is 15.4. The molecule has 0 bridgehead atoms. The minimum absolute atomic E-state index is 0. The standard InChI is InChI=1S/C31H42FN3O7.BrH/c1-31(2,3)21-14-19(15-22(34(4)11-13-39-5)28(21)42-12-9-8-10-25(37)38)23(36)18-35-17-20-16-24(40-6)29(41-7)27(32)26(20)30(35)33;/h14-16,33H,8-13,17-18H2,1-7H3,(H,37,38);1H. The van der Waals surface area contributed by atoms with Gasteiger partial charge in [0, 0.05) is 44.8 Å². The van der Waals surface area contributed by atoms with E-state index in [1.165, 1.54) is 19.1 Å². The van der Waals surface area contributed by atoms with E-state index >= 15 is 4.39 Å². The third-order valence-electron chi connectivity index (χ3n) is 7.21. The number of carbonyl (C=O) groups is 2. The number of Topliss-reactive ketones (excluding diaryl/α,β-unsaturated/α-hetero) is 1. The van der Waals surface area contributed by atoms with Crippen LogP contribution in [-0.4, -0.2) is 82.3 Å². The molecule has 2 aromatic rings. The number of amidine groups is 1. The van der Waals surface area contributed by atoms with Gasteiger partial charge in [-0.2, -0.15) is 0 Å². The summed E-state index contributed by atoms with van der Waals surface area (Å²) in [4.78, 5) is 28.2.